The first kappa shape index (κ1) is 12.2. The maximum atomic E-state index is 10.9. The number of aryl methyl sites for hydroxylation is 3. The molecule has 0 aromatic carbocycles. The molecule has 0 amide bonds. The third-order valence-electron chi connectivity index (χ3n) is 2.67. The third-order valence-corrected chi connectivity index (χ3v) is 2.67. The zero-order valence-corrected chi connectivity index (χ0v) is 10.5. The molecule has 2 rings (SSSR count). The second-order valence-corrected chi connectivity index (χ2v) is 4.14. The van der Waals surface area contributed by atoms with Gasteiger partial charge in [-0.3, -0.25) is 4.68 Å². The molecule has 0 aliphatic rings. The van der Waals surface area contributed by atoms with Crippen LogP contribution in [0, 0.1) is 13.8 Å². The zero-order chi connectivity index (χ0) is 13.3. The van der Waals surface area contributed by atoms with E-state index >= 15 is 0 Å². The predicted molar refractivity (Wildman–Crippen MR) is 65.7 cm³/mol. The van der Waals surface area contributed by atoms with Crippen LogP contribution in [0.2, 0.25) is 0 Å². The number of hydrogen-bond donors (Lipinski definition) is 2. The highest BCUT2D eigenvalue weighted by atomic mass is 16.4. The van der Waals surface area contributed by atoms with Crippen molar-refractivity contribution in [1.82, 2.24) is 9.78 Å². The second kappa shape index (κ2) is 4.56. The van der Waals surface area contributed by atoms with Crippen LogP contribution in [0.3, 0.4) is 0 Å². The summed E-state index contributed by atoms with van der Waals surface area (Å²) in [5.74, 6) is 0.0374. The van der Waals surface area contributed by atoms with Gasteiger partial charge in [-0.05, 0) is 19.9 Å². The van der Waals surface area contributed by atoms with E-state index in [0.717, 1.165) is 11.4 Å². The van der Waals surface area contributed by atoms with Crippen molar-refractivity contribution in [1.29, 1.82) is 0 Å². The Labute approximate surface area is 104 Å². The van der Waals surface area contributed by atoms with Gasteiger partial charge in [-0.2, -0.15) is 5.10 Å². The molecule has 0 fully saturated rings. The Hall–Kier alpha value is -2.24. The van der Waals surface area contributed by atoms with Gasteiger partial charge in [0.2, 0.25) is 0 Å². The van der Waals surface area contributed by atoms with Crippen LogP contribution in [0.5, 0.6) is 0 Å². The minimum atomic E-state index is -0.972. The van der Waals surface area contributed by atoms with Gasteiger partial charge in [-0.1, -0.05) is 0 Å². The van der Waals surface area contributed by atoms with E-state index < -0.39 is 5.97 Å². The molecular formula is C12H15N3O3. The smallest absolute Gasteiger partial charge is 0.339 e. The summed E-state index contributed by atoms with van der Waals surface area (Å²) >= 11 is 0. The zero-order valence-electron chi connectivity index (χ0n) is 10.5. The van der Waals surface area contributed by atoms with Crippen molar-refractivity contribution in [3.8, 4) is 0 Å². The van der Waals surface area contributed by atoms with Gasteiger partial charge in [0.1, 0.15) is 17.1 Å². The van der Waals surface area contributed by atoms with Gasteiger partial charge in [0, 0.05) is 13.2 Å². The van der Waals surface area contributed by atoms with Gasteiger partial charge in [0.15, 0.2) is 0 Å². The number of furan rings is 1. The summed E-state index contributed by atoms with van der Waals surface area (Å²) in [6.07, 6.45) is 1.86. The van der Waals surface area contributed by atoms with Crippen LogP contribution in [0.15, 0.2) is 16.7 Å². The number of hydrogen-bond acceptors (Lipinski definition) is 4. The van der Waals surface area contributed by atoms with Gasteiger partial charge < -0.3 is 14.8 Å². The average molecular weight is 249 g/mol. The number of carboxylic acids is 1. The summed E-state index contributed by atoms with van der Waals surface area (Å²) in [5, 5.41) is 16.3. The topological polar surface area (TPSA) is 80.3 Å². The molecule has 2 aromatic heterocycles. The van der Waals surface area contributed by atoms with Crippen LogP contribution >= 0.6 is 0 Å². The highest BCUT2D eigenvalue weighted by Gasteiger charge is 2.13. The molecule has 0 saturated heterocycles. The largest absolute Gasteiger partial charge is 0.478 e. The van der Waals surface area contributed by atoms with Gasteiger partial charge in [-0.25, -0.2) is 4.79 Å². The molecule has 6 nitrogen and oxygen atoms in total. The van der Waals surface area contributed by atoms with Gasteiger partial charge in [0.25, 0.3) is 0 Å². The fraction of sp³-hybridized carbons (Fsp3) is 0.333. The summed E-state index contributed by atoms with van der Waals surface area (Å²) in [6.45, 7) is 3.97. The maximum Gasteiger partial charge on any atom is 0.339 e. The molecule has 0 bridgehead atoms. The summed E-state index contributed by atoms with van der Waals surface area (Å²) in [7, 11) is 1.84. The van der Waals surface area contributed by atoms with E-state index in [2.05, 4.69) is 10.4 Å². The Bertz CT molecular complexity index is 583. The van der Waals surface area contributed by atoms with E-state index in [9.17, 15) is 4.79 Å². The van der Waals surface area contributed by atoms with Crippen molar-refractivity contribution < 1.29 is 14.3 Å². The molecule has 0 atom stereocenters. The molecule has 2 N–H and O–H groups in total. The molecule has 0 aliphatic heterocycles. The van der Waals surface area contributed by atoms with E-state index in [1.807, 2.05) is 20.2 Å². The Morgan fingerprint density at radius 3 is 2.78 bits per heavy atom. The number of carboxylic acid groups (broad SMARTS) is 1. The molecule has 0 radical (unpaired) electrons. The van der Waals surface area contributed by atoms with E-state index in [1.165, 1.54) is 6.07 Å². The summed E-state index contributed by atoms with van der Waals surface area (Å²) in [5.41, 5.74) is 2.00. The number of aromatic nitrogens is 2. The first-order valence-corrected chi connectivity index (χ1v) is 5.54. The summed E-state index contributed by atoms with van der Waals surface area (Å²) in [6, 6.07) is 1.54. The predicted octanol–water partition coefficient (Wildman–Crippen LogP) is 1.94. The Morgan fingerprint density at radius 1 is 1.56 bits per heavy atom. The lowest BCUT2D eigenvalue weighted by Crippen LogP contribution is -1.99. The summed E-state index contributed by atoms with van der Waals surface area (Å²) in [4.78, 5) is 10.9. The number of nitrogens with one attached hydrogen (secondary N) is 1. The third kappa shape index (κ3) is 2.37. The monoisotopic (exact) mass is 249 g/mol. The minimum absolute atomic E-state index is 0.203. The summed E-state index contributed by atoms with van der Waals surface area (Å²) < 4.78 is 7.09. The highest BCUT2D eigenvalue weighted by Crippen LogP contribution is 2.17. The average Bonchev–Trinajstić information content (AvgIpc) is 2.79. The fourth-order valence-corrected chi connectivity index (χ4v) is 1.80. The van der Waals surface area contributed by atoms with E-state index in [1.54, 1.807) is 11.6 Å². The molecule has 0 spiro atoms. The van der Waals surface area contributed by atoms with E-state index in [4.69, 9.17) is 9.52 Å². The molecule has 6 heteroatoms. The first-order valence-electron chi connectivity index (χ1n) is 5.54. The molecule has 18 heavy (non-hydrogen) atoms. The van der Waals surface area contributed by atoms with Crippen molar-refractivity contribution in [2.75, 3.05) is 5.32 Å². The number of rotatable bonds is 4. The molecule has 2 aromatic rings. The SMILES string of the molecule is Cc1nn(C)cc1NCc1cc(C(=O)O)c(C)o1. The molecule has 0 unspecified atom stereocenters. The Kier molecular flexibility index (Phi) is 3.10. The van der Waals surface area contributed by atoms with E-state index in [-0.39, 0.29) is 5.56 Å². The van der Waals surface area contributed by atoms with Crippen LogP contribution in [0.4, 0.5) is 5.69 Å². The van der Waals surface area contributed by atoms with Gasteiger partial charge in [-0.15, -0.1) is 0 Å². The molecule has 0 aliphatic carbocycles. The van der Waals surface area contributed by atoms with Crippen LogP contribution in [0.25, 0.3) is 0 Å². The van der Waals surface area contributed by atoms with Crippen molar-refractivity contribution in [3.05, 3.63) is 35.0 Å². The van der Waals surface area contributed by atoms with Crippen molar-refractivity contribution in [2.24, 2.45) is 7.05 Å². The van der Waals surface area contributed by atoms with E-state index in [0.29, 0.717) is 18.1 Å². The molecule has 0 saturated carbocycles. The number of anilines is 1. The van der Waals surface area contributed by atoms with Crippen LogP contribution in [-0.4, -0.2) is 20.9 Å². The number of nitrogens with zero attached hydrogens (tertiary/aromatic N) is 2. The molecule has 96 valence electrons. The molecular weight excluding hydrogens is 234 g/mol. The maximum absolute atomic E-state index is 10.9. The number of carbonyl (C=O) groups is 1. The molecule has 2 heterocycles. The Morgan fingerprint density at radius 2 is 2.28 bits per heavy atom. The minimum Gasteiger partial charge on any atom is -0.478 e. The van der Waals surface area contributed by atoms with Crippen LogP contribution < -0.4 is 5.32 Å². The van der Waals surface area contributed by atoms with Crippen molar-refractivity contribution in [2.45, 2.75) is 20.4 Å². The van der Waals surface area contributed by atoms with Crippen LogP contribution in [0.1, 0.15) is 27.6 Å². The fourth-order valence-electron chi connectivity index (χ4n) is 1.80. The van der Waals surface area contributed by atoms with Crippen LogP contribution in [-0.2, 0) is 13.6 Å². The second-order valence-electron chi connectivity index (χ2n) is 4.14. The normalized spacial score (nSPS) is 10.6. The number of aromatic carboxylic acids is 1. The quantitative estimate of drug-likeness (QED) is 0.865. The lowest BCUT2D eigenvalue weighted by Gasteiger charge is -2.01. The lowest BCUT2D eigenvalue weighted by atomic mass is 10.2. The lowest BCUT2D eigenvalue weighted by molar-refractivity contribution is 0.0695. The Balaban J connectivity index is 2.09. The standard InChI is InChI=1S/C12H15N3O3/c1-7-11(6-15(3)14-7)13-5-9-4-10(12(16)17)8(2)18-9/h4,6,13H,5H2,1-3H3,(H,16,17). The highest BCUT2D eigenvalue weighted by molar-refractivity contribution is 5.88. The van der Waals surface area contributed by atoms with Crippen molar-refractivity contribution >= 4 is 11.7 Å². The first-order chi connectivity index (χ1) is 8.47. The van der Waals surface area contributed by atoms with Gasteiger partial charge >= 0.3 is 5.97 Å². The van der Waals surface area contributed by atoms with Crippen molar-refractivity contribution in [3.63, 3.8) is 0 Å². The van der Waals surface area contributed by atoms with Gasteiger partial charge in [0.05, 0.1) is 17.9 Å².